The number of hydrogen-bond acceptors (Lipinski definition) is 4. The van der Waals surface area contributed by atoms with E-state index in [1.54, 1.807) is 0 Å². The topological polar surface area (TPSA) is 78.8 Å². The number of carbonyl (C=O) groups excluding carboxylic acids is 1. The van der Waals surface area contributed by atoms with Crippen LogP contribution in [0.1, 0.15) is 11.1 Å². The van der Waals surface area contributed by atoms with E-state index < -0.39 is 6.09 Å². The van der Waals surface area contributed by atoms with Crippen molar-refractivity contribution in [3.63, 3.8) is 0 Å². The van der Waals surface area contributed by atoms with E-state index in [4.69, 9.17) is 4.74 Å². The number of hydrogen-bond donors (Lipinski definition) is 3. The Morgan fingerprint density at radius 2 is 1.65 bits per heavy atom. The molecule has 0 saturated carbocycles. The van der Waals surface area contributed by atoms with E-state index in [1.165, 1.54) is 18.2 Å². The highest BCUT2D eigenvalue weighted by Gasteiger charge is 2.09. The highest BCUT2D eigenvalue weighted by Crippen LogP contribution is 2.25. The van der Waals surface area contributed by atoms with Crippen LogP contribution in [0.2, 0.25) is 0 Å². The van der Waals surface area contributed by atoms with Gasteiger partial charge in [0.15, 0.2) is 0 Å². The number of carbonyl (C=O) groups is 1. The van der Waals surface area contributed by atoms with E-state index in [9.17, 15) is 15.0 Å². The van der Waals surface area contributed by atoms with Gasteiger partial charge >= 0.3 is 6.09 Å². The second kappa shape index (κ2) is 6.47. The van der Waals surface area contributed by atoms with Crippen LogP contribution in [-0.2, 0) is 17.9 Å². The lowest BCUT2D eigenvalue weighted by Gasteiger charge is -2.09. The summed E-state index contributed by atoms with van der Waals surface area (Å²) in [7, 11) is 0. The highest BCUT2D eigenvalue weighted by molar-refractivity contribution is 5.67. The van der Waals surface area contributed by atoms with E-state index in [1.807, 2.05) is 30.3 Å². The van der Waals surface area contributed by atoms with Crippen molar-refractivity contribution >= 4 is 6.09 Å². The van der Waals surface area contributed by atoms with Gasteiger partial charge in [-0.2, -0.15) is 0 Å². The van der Waals surface area contributed by atoms with Gasteiger partial charge in [-0.05, 0) is 17.7 Å². The molecular weight excluding hydrogens is 258 g/mol. The molecule has 0 atom stereocenters. The highest BCUT2D eigenvalue weighted by atomic mass is 16.5. The number of alkyl carbamates (subject to hydrolysis) is 1. The maximum Gasteiger partial charge on any atom is 0.407 e. The van der Waals surface area contributed by atoms with Gasteiger partial charge in [0.2, 0.25) is 0 Å². The van der Waals surface area contributed by atoms with Crippen LogP contribution in [-0.4, -0.2) is 16.3 Å². The average molecular weight is 273 g/mol. The number of ether oxygens (including phenoxy) is 1. The van der Waals surface area contributed by atoms with Crippen molar-refractivity contribution in [2.24, 2.45) is 0 Å². The van der Waals surface area contributed by atoms with Gasteiger partial charge in [-0.1, -0.05) is 36.4 Å². The van der Waals surface area contributed by atoms with Crippen molar-refractivity contribution in [1.29, 1.82) is 0 Å². The monoisotopic (exact) mass is 273 g/mol. The molecule has 2 aromatic rings. The van der Waals surface area contributed by atoms with Crippen LogP contribution in [0.15, 0.2) is 48.5 Å². The molecule has 2 rings (SSSR count). The molecule has 0 unspecified atom stereocenters. The van der Waals surface area contributed by atoms with Gasteiger partial charge in [0.25, 0.3) is 0 Å². The summed E-state index contributed by atoms with van der Waals surface area (Å²) in [4.78, 5) is 11.5. The van der Waals surface area contributed by atoms with Gasteiger partial charge in [-0.15, -0.1) is 0 Å². The van der Waals surface area contributed by atoms with Crippen molar-refractivity contribution in [1.82, 2.24) is 5.32 Å². The van der Waals surface area contributed by atoms with Crippen LogP contribution in [0.4, 0.5) is 4.79 Å². The minimum atomic E-state index is -0.614. The zero-order valence-electron chi connectivity index (χ0n) is 10.7. The van der Waals surface area contributed by atoms with Gasteiger partial charge in [-0.25, -0.2) is 4.79 Å². The molecule has 20 heavy (non-hydrogen) atoms. The minimum absolute atomic E-state index is 0.00781. The summed E-state index contributed by atoms with van der Waals surface area (Å²) in [5, 5.41) is 21.6. The molecule has 3 N–H and O–H groups in total. The summed E-state index contributed by atoms with van der Waals surface area (Å²) in [6.45, 7) is 0.158. The number of aromatic hydroxyl groups is 2. The molecule has 0 spiro atoms. The fourth-order valence-electron chi connectivity index (χ4n) is 1.68. The molecule has 5 nitrogen and oxygen atoms in total. The molecule has 0 aliphatic carbocycles. The Labute approximate surface area is 116 Å². The zero-order valence-corrected chi connectivity index (χ0v) is 10.7. The molecule has 0 radical (unpaired) electrons. The normalized spacial score (nSPS) is 10.0. The molecule has 104 valence electrons. The first-order valence-corrected chi connectivity index (χ1v) is 6.11. The number of nitrogens with one attached hydrogen (secondary N) is 1. The van der Waals surface area contributed by atoms with E-state index in [2.05, 4.69) is 5.32 Å². The molecule has 0 aliphatic heterocycles. The Kier molecular flexibility index (Phi) is 4.44. The van der Waals surface area contributed by atoms with Gasteiger partial charge in [0.1, 0.15) is 18.1 Å². The van der Waals surface area contributed by atoms with Gasteiger partial charge in [-0.3, -0.25) is 0 Å². The molecule has 1 amide bonds. The number of phenols is 2. The van der Waals surface area contributed by atoms with E-state index in [0.29, 0.717) is 0 Å². The molecular formula is C15H15NO4. The molecule has 2 aromatic carbocycles. The van der Waals surface area contributed by atoms with E-state index in [0.717, 1.165) is 5.56 Å². The third-order valence-electron chi connectivity index (χ3n) is 2.75. The maximum atomic E-state index is 11.5. The Morgan fingerprint density at radius 1 is 1.00 bits per heavy atom. The Morgan fingerprint density at radius 3 is 2.30 bits per heavy atom. The second-order valence-corrected chi connectivity index (χ2v) is 4.19. The Bertz CT molecular complexity index is 563. The van der Waals surface area contributed by atoms with E-state index in [-0.39, 0.29) is 30.2 Å². The summed E-state index contributed by atoms with van der Waals surface area (Å²) >= 11 is 0. The number of phenolic OH excluding ortho intramolecular Hbond substituents is 2. The standard InChI is InChI=1S/C15H15NO4/c17-13-7-4-8-14(18)12(13)9-16-15(19)20-10-11-5-2-1-3-6-11/h1-8,17-18H,9-10H2,(H,16,19). The smallest absolute Gasteiger partial charge is 0.407 e. The first-order chi connectivity index (χ1) is 9.66. The molecule has 0 heterocycles. The number of rotatable bonds is 4. The van der Waals surface area contributed by atoms with Crippen LogP contribution < -0.4 is 5.32 Å². The summed E-state index contributed by atoms with van der Waals surface area (Å²) in [5.41, 5.74) is 1.14. The summed E-state index contributed by atoms with van der Waals surface area (Å²) in [6, 6.07) is 13.7. The number of benzene rings is 2. The Balaban J connectivity index is 1.84. The van der Waals surface area contributed by atoms with Crippen LogP contribution in [0.5, 0.6) is 11.5 Å². The SMILES string of the molecule is O=C(NCc1c(O)cccc1O)OCc1ccccc1. The quantitative estimate of drug-likeness (QED) is 0.799. The average Bonchev–Trinajstić information content (AvgIpc) is 2.46. The molecule has 0 aromatic heterocycles. The summed E-state index contributed by atoms with van der Waals surface area (Å²) < 4.78 is 5.02. The second-order valence-electron chi connectivity index (χ2n) is 4.19. The lowest BCUT2D eigenvalue weighted by Crippen LogP contribution is -2.23. The van der Waals surface area contributed by atoms with E-state index >= 15 is 0 Å². The molecule has 0 fully saturated rings. The maximum absolute atomic E-state index is 11.5. The van der Waals surface area contributed by atoms with Crippen LogP contribution in [0.3, 0.4) is 0 Å². The number of amides is 1. The largest absolute Gasteiger partial charge is 0.507 e. The fourth-order valence-corrected chi connectivity index (χ4v) is 1.68. The first kappa shape index (κ1) is 13.7. The third-order valence-corrected chi connectivity index (χ3v) is 2.75. The van der Waals surface area contributed by atoms with Crippen LogP contribution in [0, 0.1) is 0 Å². The van der Waals surface area contributed by atoms with Crippen molar-refractivity contribution in [2.75, 3.05) is 0 Å². The molecule has 0 saturated heterocycles. The summed E-state index contributed by atoms with van der Waals surface area (Å²) in [6.07, 6.45) is -0.614. The van der Waals surface area contributed by atoms with Gasteiger partial charge < -0.3 is 20.3 Å². The molecule has 5 heteroatoms. The van der Waals surface area contributed by atoms with Crippen LogP contribution in [0.25, 0.3) is 0 Å². The third kappa shape index (κ3) is 3.65. The predicted octanol–water partition coefficient (Wildman–Crippen LogP) is 2.52. The summed E-state index contributed by atoms with van der Waals surface area (Å²) in [5.74, 6) is -0.151. The van der Waals surface area contributed by atoms with Crippen molar-refractivity contribution in [2.45, 2.75) is 13.2 Å². The lowest BCUT2D eigenvalue weighted by atomic mass is 10.2. The van der Waals surface area contributed by atoms with Gasteiger partial charge in [0, 0.05) is 0 Å². The van der Waals surface area contributed by atoms with Crippen molar-refractivity contribution in [3.8, 4) is 11.5 Å². The van der Waals surface area contributed by atoms with Crippen molar-refractivity contribution < 1.29 is 19.7 Å². The van der Waals surface area contributed by atoms with Gasteiger partial charge in [0.05, 0.1) is 12.1 Å². The minimum Gasteiger partial charge on any atom is -0.507 e. The Hall–Kier alpha value is -2.69. The lowest BCUT2D eigenvalue weighted by molar-refractivity contribution is 0.139. The van der Waals surface area contributed by atoms with Crippen molar-refractivity contribution in [3.05, 3.63) is 59.7 Å². The van der Waals surface area contributed by atoms with Crippen LogP contribution >= 0.6 is 0 Å². The fraction of sp³-hybridized carbons (Fsp3) is 0.133. The molecule has 0 aliphatic rings. The predicted molar refractivity (Wildman–Crippen MR) is 73.2 cm³/mol. The first-order valence-electron chi connectivity index (χ1n) is 6.11. The molecule has 0 bridgehead atoms. The zero-order chi connectivity index (χ0) is 14.4.